The number of pyridine rings is 1. The molecule has 9 nitrogen and oxygen atoms in total. The Bertz CT molecular complexity index is 930. The molecule has 1 aromatic carbocycles. The third-order valence-corrected chi connectivity index (χ3v) is 5.46. The molecule has 3 heterocycles. The maximum absolute atomic E-state index is 8.36. The van der Waals surface area contributed by atoms with Crippen molar-refractivity contribution >= 4 is 12.2 Å². The summed E-state index contributed by atoms with van der Waals surface area (Å²) in [4.78, 5) is 20.6. The highest BCUT2D eigenvalue weighted by molar-refractivity contribution is 5.85. The monoisotopic (exact) mass is 457 g/mol. The summed E-state index contributed by atoms with van der Waals surface area (Å²) in [6, 6.07) is 10.2. The van der Waals surface area contributed by atoms with E-state index in [0.717, 1.165) is 73.8 Å². The van der Waals surface area contributed by atoms with Gasteiger partial charge in [-0.05, 0) is 36.2 Å². The Morgan fingerprint density at radius 3 is 2.76 bits per heavy atom. The van der Waals surface area contributed by atoms with Gasteiger partial charge in [0.25, 0.3) is 6.47 Å². The minimum absolute atomic E-state index is 0.0192. The largest absolute Gasteiger partial charge is 0.489 e. The van der Waals surface area contributed by atoms with Crippen LogP contribution in [0.3, 0.4) is 0 Å². The van der Waals surface area contributed by atoms with Crippen LogP contribution in [0.15, 0.2) is 41.7 Å². The summed E-state index contributed by atoms with van der Waals surface area (Å²) in [5.74, 6) is 1.49. The SMILES string of the molecule is CCC1=NOC(COc2ccc(-c3cccnc3OC)cc2CN2CCOCC2)C1.O=CO. The van der Waals surface area contributed by atoms with Crippen molar-refractivity contribution in [2.24, 2.45) is 5.16 Å². The van der Waals surface area contributed by atoms with Crippen molar-refractivity contribution in [1.29, 1.82) is 0 Å². The van der Waals surface area contributed by atoms with Crippen molar-refractivity contribution in [2.45, 2.75) is 32.4 Å². The van der Waals surface area contributed by atoms with Crippen LogP contribution in [-0.4, -0.2) is 73.3 Å². The summed E-state index contributed by atoms with van der Waals surface area (Å²) in [5, 5.41) is 11.0. The van der Waals surface area contributed by atoms with Crippen molar-refractivity contribution in [3.8, 4) is 22.8 Å². The normalized spacial score (nSPS) is 17.9. The first-order chi connectivity index (χ1) is 16.2. The van der Waals surface area contributed by atoms with E-state index in [1.54, 1.807) is 13.3 Å². The molecule has 1 aromatic heterocycles. The molecule has 9 heteroatoms. The lowest BCUT2D eigenvalue weighted by Gasteiger charge is -2.27. The molecule has 1 unspecified atom stereocenters. The Balaban J connectivity index is 0.000000968. The molecule has 2 aliphatic rings. The summed E-state index contributed by atoms with van der Waals surface area (Å²) in [6.45, 7) is 6.49. The third-order valence-electron chi connectivity index (χ3n) is 5.46. The maximum Gasteiger partial charge on any atom is 0.290 e. The van der Waals surface area contributed by atoms with Gasteiger partial charge in [0, 0.05) is 43.4 Å². The van der Waals surface area contributed by atoms with Crippen molar-refractivity contribution < 1.29 is 28.9 Å². The number of morpholine rings is 1. The number of methoxy groups -OCH3 is 1. The van der Waals surface area contributed by atoms with Gasteiger partial charge in [0.1, 0.15) is 12.4 Å². The first kappa shape index (κ1) is 24.5. The molecule has 0 aliphatic carbocycles. The molecule has 1 fully saturated rings. The fraction of sp³-hybridized carbons (Fsp3) is 0.458. The van der Waals surface area contributed by atoms with E-state index < -0.39 is 0 Å². The number of carbonyl (C=O) groups is 1. The van der Waals surface area contributed by atoms with E-state index in [0.29, 0.717) is 12.5 Å². The van der Waals surface area contributed by atoms with Gasteiger partial charge in [0.05, 0.1) is 26.0 Å². The Morgan fingerprint density at radius 2 is 2.06 bits per heavy atom. The molecule has 0 saturated carbocycles. The number of oxime groups is 1. The van der Waals surface area contributed by atoms with Gasteiger partial charge in [-0.15, -0.1) is 0 Å². The lowest BCUT2D eigenvalue weighted by atomic mass is 10.0. The van der Waals surface area contributed by atoms with Crippen molar-refractivity contribution in [2.75, 3.05) is 40.0 Å². The fourth-order valence-electron chi connectivity index (χ4n) is 3.75. The summed E-state index contributed by atoms with van der Waals surface area (Å²) in [7, 11) is 1.65. The Hall–Kier alpha value is -3.17. The number of benzene rings is 1. The van der Waals surface area contributed by atoms with Crippen LogP contribution in [-0.2, 0) is 20.9 Å². The summed E-state index contributed by atoms with van der Waals surface area (Å²) >= 11 is 0. The van der Waals surface area contributed by atoms with Crippen LogP contribution >= 0.6 is 0 Å². The van der Waals surface area contributed by atoms with E-state index in [4.69, 9.17) is 28.9 Å². The van der Waals surface area contributed by atoms with E-state index in [9.17, 15) is 0 Å². The minimum Gasteiger partial charge on any atom is -0.489 e. The van der Waals surface area contributed by atoms with Crippen LogP contribution in [0.5, 0.6) is 11.6 Å². The number of hydrogen-bond donors (Lipinski definition) is 1. The Kier molecular flexibility index (Phi) is 9.46. The van der Waals surface area contributed by atoms with Crippen LogP contribution in [0.2, 0.25) is 0 Å². The molecule has 1 saturated heterocycles. The second kappa shape index (κ2) is 12.8. The van der Waals surface area contributed by atoms with E-state index in [2.05, 4.69) is 34.1 Å². The van der Waals surface area contributed by atoms with Gasteiger partial charge in [0.2, 0.25) is 5.88 Å². The van der Waals surface area contributed by atoms with Crippen LogP contribution in [0.1, 0.15) is 25.3 Å². The second-order valence-corrected chi connectivity index (χ2v) is 7.63. The van der Waals surface area contributed by atoms with Crippen molar-refractivity contribution in [3.63, 3.8) is 0 Å². The fourth-order valence-corrected chi connectivity index (χ4v) is 3.75. The molecule has 0 bridgehead atoms. The van der Waals surface area contributed by atoms with Gasteiger partial charge in [-0.3, -0.25) is 9.69 Å². The lowest BCUT2D eigenvalue weighted by Crippen LogP contribution is -2.35. The molecule has 2 aromatic rings. The van der Waals surface area contributed by atoms with Crippen molar-refractivity contribution in [1.82, 2.24) is 9.88 Å². The number of rotatable bonds is 8. The molecule has 2 aliphatic heterocycles. The number of hydrogen-bond acceptors (Lipinski definition) is 8. The smallest absolute Gasteiger partial charge is 0.290 e. The maximum atomic E-state index is 8.36. The molecule has 0 amide bonds. The lowest BCUT2D eigenvalue weighted by molar-refractivity contribution is -0.122. The zero-order valence-corrected chi connectivity index (χ0v) is 19.1. The number of aromatic nitrogens is 1. The van der Waals surface area contributed by atoms with Gasteiger partial charge < -0.3 is 24.2 Å². The highest BCUT2D eigenvalue weighted by atomic mass is 16.7. The highest BCUT2D eigenvalue weighted by Gasteiger charge is 2.22. The van der Waals surface area contributed by atoms with Crippen LogP contribution in [0.25, 0.3) is 11.1 Å². The molecule has 33 heavy (non-hydrogen) atoms. The third kappa shape index (κ3) is 6.90. The first-order valence-corrected chi connectivity index (χ1v) is 11.0. The number of carboxylic acid groups (broad SMARTS) is 1. The van der Waals surface area contributed by atoms with Gasteiger partial charge >= 0.3 is 0 Å². The van der Waals surface area contributed by atoms with Gasteiger partial charge in [0.15, 0.2) is 6.10 Å². The summed E-state index contributed by atoms with van der Waals surface area (Å²) in [6.07, 6.45) is 3.47. The first-order valence-electron chi connectivity index (χ1n) is 11.0. The van der Waals surface area contributed by atoms with E-state index >= 15 is 0 Å². The molecule has 4 rings (SSSR count). The molecule has 0 radical (unpaired) electrons. The highest BCUT2D eigenvalue weighted by Crippen LogP contribution is 2.32. The Labute approximate surface area is 193 Å². The van der Waals surface area contributed by atoms with E-state index in [-0.39, 0.29) is 12.6 Å². The molecule has 178 valence electrons. The predicted octanol–water partition coefficient (Wildman–Crippen LogP) is 3.22. The van der Waals surface area contributed by atoms with Gasteiger partial charge in [-0.25, -0.2) is 4.98 Å². The standard InChI is InChI=1S/C23H29N3O4.CH2O2/c1-3-19-14-20(30-25-19)16-29-22-7-6-17(21-5-4-8-24-23(21)27-2)13-18(22)15-26-9-11-28-12-10-26;2-1-3/h4-8,13,20H,3,9-12,14-16H2,1-2H3;1H,(H,2,3). The summed E-state index contributed by atoms with van der Waals surface area (Å²) < 4.78 is 17.2. The zero-order chi connectivity index (χ0) is 23.5. The molecular formula is C24H31N3O6. The topological polar surface area (TPSA) is 103 Å². The van der Waals surface area contributed by atoms with Crippen LogP contribution in [0.4, 0.5) is 0 Å². The minimum atomic E-state index is -0.250. The van der Waals surface area contributed by atoms with Crippen LogP contribution < -0.4 is 9.47 Å². The van der Waals surface area contributed by atoms with Crippen molar-refractivity contribution in [3.05, 3.63) is 42.1 Å². The van der Waals surface area contributed by atoms with Gasteiger partial charge in [-0.2, -0.15) is 0 Å². The average molecular weight is 458 g/mol. The average Bonchev–Trinajstić information content (AvgIpc) is 3.32. The Morgan fingerprint density at radius 1 is 1.27 bits per heavy atom. The van der Waals surface area contributed by atoms with E-state index in [1.165, 1.54) is 0 Å². The number of nitrogens with zero attached hydrogens (tertiary/aromatic N) is 3. The molecule has 1 atom stereocenters. The number of ether oxygens (including phenoxy) is 3. The molecular weight excluding hydrogens is 426 g/mol. The molecule has 0 spiro atoms. The quantitative estimate of drug-likeness (QED) is 0.603. The second-order valence-electron chi connectivity index (χ2n) is 7.63. The zero-order valence-electron chi connectivity index (χ0n) is 19.1. The molecule has 1 N–H and O–H groups in total. The summed E-state index contributed by atoms with van der Waals surface area (Å²) in [5.41, 5.74) is 4.25. The van der Waals surface area contributed by atoms with Crippen LogP contribution in [0, 0.1) is 0 Å². The predicted molar refractivity (Wildman–Crippen MR) is 124 cm³/mol. The van der Waals surface area contributed by atoms with E-state index in [1.807, 2.05) is 18.2 Å². The van der Waals surface area contributed by atoms with Gasteiger partial charge in [-0.1, -0.05) is 18.1 Å².